The zero-order valence-electron chi connectivity index (χ0n) is 8.08. The lowest BCUT2D eigenvalue weighted by atomic mass is 9.90. The van der Waals surface area contributed by atoms with Crippen molar-refractivity contribution in [2.24, 2.45) is 11.8 Å². The van der Waals surface area contributed by atoms with E-state index < -0.39 is 0 Å². The molecule has 2 unspecified atom stereocenters. The number of ether oxygens (including phenoxy) is 2. The van der Waals surface area contributed by atoms with Gasteiger partial charge in [0.15, 0.2) is 5.79 Å². The van der Waals surface area contributed by atoms with Gasteiger partial charge in [0.1, 0.15) is 0 Å². The molecule has 2 aliphatic carbocycles. The Morgan fingerprint density at radius 1 is 1.38 bits per heavy atom. The third-order valence-corrected chi connectivity index (χ3v) is 3.88. The number of allylic oxidation sites excluding steroid dienone is 2. The van der Waals surface area contributed by atoms with Crippen molar-refractivity contribution in [1.82, 2.24) is 0 Å². The van der Waals surface area contributed by atoms with Crippen LogP contribution in [0.3, 0.4) is 0 Å². The van der Waals surface area contributed by atoms with Gasteiger partial charge < -0.3 is 9.47 Å². The van der Waals surface area contributed by atoms with E-state index >= 15 is 0 Å². The van der Waals surface area contributed by atoms with E-state index in [2.05, 4.69) is 13.0 Å². The molecular weight excluding hydrogens is 164 g/mol. The summed E-state index contributed by atoms with van der Waals surface area (Å²) in [6, 6.07) is 0. The van der Waals surface area contributed by atoms with E-state index in [0.29, 0.717) is 5.92 Å². The largest absolute Gasteiger partial charge is 0.347 e. The Morgan fingerprint density at radius 3 is 2.69 bits per heavy atom. The van der Waals surface area contributed by atoms with Gasteiger partial charge in [0.2, 0.25) is 0 Å². The highest BCUT2D eigenvalue weighted by Crippen LogP contribution is 2.56. The summed E-state index contributed by atoms with van der Waals surface area (Å²) < 4.78 is 11.6. The molecule has 2 atom stereocenters. The SMILES string of the molecule is CC=C1CC2CC1CC21OCCO1. The van der Waals surface area contributed by atoms with Gasteiger partial charge in [0.25, 0.3) is 0 Å². The first-order valence-electron chi connectivity index (χ1n) is 5.27. The predicted octanol–water partition coefficient (Wildman–Crippen LogP) is 2.11. The molecule has 1 saturated heterocycles. The molecule has 3 rings (SSSR count). The second kappa shape index (κ2) is 2.58. The van der Waals surface area contributed by atoms with Gasteiger partial charge >= 0.3 is 0 Å². The summed E-state index contributed by atoms with van der Waals surface area (Å²) in [6.07, 6.45) is 5.89. The van der Waals surface area contributed by atoms with E-state index in [9.17, 15) is 0 Å². The van der Waals surface area contributed by atoms with E-state index in [0.717, 1.165) is 25.6 Å². The summed E-state index contributed by atoms with van der Waals surface area (Å²) in [5.41, 5.74) is 1.63. The monoisotopic (exact) mass is 180 g/mol. The second-order valence-corrected chi connectivity index (χ2v) is 4.41. The van der Waals surface area contributed by atoms with Gasteiger partial charge in [-0.05, 0) is 25.7 Å². The molecule has 2 heteroatoms. The predicted molar refractivity (Wildman–Crippen MR) is 49.2 cm³/mol. The minimum atomic E-state index is -0.156. The molecular formula is C11H16O2. The van der Waals surface area contributed by atoms with Crippen molar-refractivity contribution >= 4 is 0 Å². The van der Waals surface area contributed by atoms with E-state index in [1.165, 1.54) is 12.8 Å². The molecule has 1 spiro atoms. The van der Waals surface area contributed by atoms with Gasteiger partial charge in [-0.25, -0.2) is 0 Å². The van der Waals surface area contributed by atoms with Gasteiger partial charge in [0, 0.05) is 12.3 Å². The van der Waals surface area contributed by atoms with Gasteiger partial charge in [-0.15, -0.1) is 0 Å². The summed E-state index contributed by atoms with van der Waals surface area (Å²) in [5.74, 6) is 1.25. The van der Waals surface area contributed by atoms with Crippen LogP contribution in [0.1, 0.15) is 26.2 Å². The van der Waals surface area contributed by atoms with Crippen molar-refractivity contribution in [3.8, 4) is 0 Å². The van der Waals surface area contributed by atoms with Crippen LogP contribution in [-0.4, -0.2) is 19.0 Å². The Labute approximate surface area is 78.9 Å². The van der Waals surface area contributed by atoms with Crippen molar-refractivity contribution in [3.05, 3.63) is 11.6 Å². The standard InChI is InChI=1S/C11H16O2/c1-2-8-5-10-6-9(8)7-11(10)12-3-4-13-11/h2,9-10H,3-7H2,1H3. The van der Waals surface area contributed by atoms with Crippen LogP contribution < -0.4 is 0 Å². The minimum absolute atomic E-state index is 0.156. The first-order valence-corrected chi connectivity index (χ1v) is 5.27. The maximum atomic E-state index is 5.78. The Bertz CT molecular complexity index is 251. The number of fused-ring (bicyclic) bond motifs is 3. The lowest BCUT2D eigenvalue weighted by Crippen LogP contribution is -2.36. The molecule has 2 saturated carbocycles. The summed E-state index contributed by atoms with van der Waals surface area (Å²) in [7, 11) is 0. The Balaban J connectivity index is 1.86. The van der Waals surface area contributed by atoms with E-state index in [1.807, 2.05) is 0 Å². The molecule has 0 N–H and O–H groups in total. The molecule has 0 aromatic rings. The Hall–Kier alpha value is -0.340. The van der Waals surface area contributed by atoms with Crippen LogP contribution in [0.2, 0.25) is 0 Å². The molecule has 2 bridgehead atoms. The highest BCUT2D eigenvalue weighted by molar-refractivity contribution is 5.20. The quantitative estimate of drug-likeness (QED) is 0.531. The molecule has 1 aliphatic heterocycles. The van der Waals surface area contributed by atoms with E-state index in [4.69, 9.17) is 9.47 Å². The molecule has 0 aromatic carbocycles. The molecule has 3 aliphatic rings. The van der Waals surface area contributed by atoms with Gasteiger partial charge in [-0.2, -0.15) is 0 Å². The van der Waals surface area contributed by atoms with Crippen LogP contribution in [0, 0.1) is 11.8 Å². The zero-order chi connectivity index (χ0) is 8.89. The van der Waals surface area contributed by atoms with Crippen molar-refractivity contribution in [3.63, 3.8) is 0 Å². The highest BCUT2D eigenvalue weighted by atomic mass is 16.7. The maximum absolute atomic E-state index is 5.78. The normalized spacial score (nSPS) is 43.9. The summed E-state index contributed by atoms with van der Waals surface area (Å²) in [4.78, 5) is 0. The smallest absolute Gasteiger partial charge is 0.172 e. The second-order valence-electron chi connectivity index (χ2n) is 4.41. The van der Waals surface area contributed by atoms with Crippen LogP contribution in [-0.2, 0) is 9.47 Å². The number of rotatable bonds is 0. The van der Waals surface area contributed by atoms with Gasteiger partial charge in [0.05, 0.1) is 13.2 Å². The molecule has 1 heterocycles. The first kappa shape index (κ1) is 8.01. The minimum Gasteiger partial charge on any atom is -0.347 e. The van der Waals surface area contributed by atoms with Crippen LogP contribution in [0.5, 0.6) is 0 Å². The van der Waals surface area contributed by atoms with Crippen LogP contribution in [0.4, 0.5) is 0 Å². The summed E-state index contributed by atoms with van der Waals surface area (Å²) in [5, 5.41) is 0. The summed E-state index contributed by atoms with van der Waals surface area (Å²) >= 11 is 0. The zero-order valence-corrected chi connectivity index (χ0v) is 8.08. The van der Waals surface area contributed by atoms with Gasteiger partial charge in [-0.3, -0.25) is 0 Å². The fourth-order valence-electron chi connectivity index (χ4n) is 3.27. The van der Waals surface area contributed by atoms with Crippen molar-refractivity contribution in [2.45, 2.75) is 32.0 Å². The Morgan fingerprint density at radius 2 is 2.15 bits per heavy atom. The molecule has 72 valence electrons. The lowest BCUT2D eigenvalue weighted by Gasteiger charge is -2.32. The summed E-state index contributed by atoms with van der Waals surface area (Å²) in [6.45, 7) is 3.75. The van der Waals surface area contributed by atoms with Crippen molar-refractivity contribution in [1.29, 1.82) is 0 Å². The highest BCUT2D eigenvalue weighted by Gasteiger charge is 2.56. The van der Waals surface area contributed by atoms with Crippen molar-refractivity contribution in [2.75, 3.05) is 13.2 Å². The van der Waals surface area contributed by atoms with E-state index in [1.54, 1.807) is 5.57 Å². The topological polar surface area (TPSA) is 18.5 Å². The van der Waals surface area contributed by atoms with Crippen LogP contribution in [0.15, 0.2) is 11.6 Å². The lowest BCUT2D eigenvalue weighted by molar-refractivity contribution is -0.185. The average molecular weight is 180 g/mol. The molecule has 2 nitrogen and oxygen atoms in total. The molecule has 3 fully saturated rings. The molecule has 0 aromatic heterocycles. The average Bonchev–Trinajstić information content (AvgIpc) is 2.80. The molecule has 0 amide bonds. The van der Waals surface area contributed by atoms with Crippen molar-refractivity contribution < 1.29 is 9.47 Å². The van der Waals surface area contributed by atoms with E-state index in [-0.39, 0.29) is 5.79 Å². The van der Waals surface area contributed by atoms with Crippen LogP contribution in [0.25, 0.3) is 0 Å². The van der Waals surface area contributed by atoms with Gasteiger partial charge in [-0.1, -0.05) is 11.6 Å². The number of hydrogen-bond donors (Lipinski definition) is 0. The fourth-order valence-corrected chi connectivity index (χ4v) is 3.27. The fraction of sp³-hybridized carbons (Fsp3) is 0.818. The Kier molecular flexibility index (Phi) is 1.59. The third kappa shape index (κ3) is 0.960. The molecule has 13 heavy (non-hydrogen) atoms. The maximum Gasteiger partial charge on any atom is 0.172 e. The third-order valence-electron chi connectivity index (χ3n) is 3.88. The molecule has 0 radical (unpaired) electrons. The first-order chi connectivity index (χ1) is 6.34. The number of hydrogen-bond acceptors (Lipinski definition) is 2. The van der Waals surface area contributed by atoms with Crippen LogP contribution >= 0.6 is 0 Å².